The van der Waals surface area contributed by atoms with Gasteiger partial charge in [-0.3, -0.25) is 0 Å². The molecule has 6 heteroatoms. The Labute approximate surface area is 155 Å². The molecule has 136 valence electrons. The van der Waals surface area contributed by atoms with Gasteiger partial charge in [0.15, 0.2) is 0 Å². The van der Waals surface area contributed by atoms with E-state index < -0.39 is 11.9 Å². The number of aliphatic hydroxyl groups excluding tert-OH is 2. The Hall–Kier alpha value is -3.58. The van der Waals surface area contributed by atoms with Crippen LogP contribution < -0.4 is 0 Å². The van der Waals surface area contributed by atoms with E-state index in [1.54, 1.807) is 12.1 Å². The summed E-state index contributed by atoms with van der Waals surface area (Å²) in [6.07, 6.45) is 0.0482. The molecule has 0 bridgehead atoms. The minimum atomic E-state index is -1.14. The predicted octanol–water partition coefficient (Wildman–Crippen LogP) is 1.36. The quantitative estimate of drug-likeness (QED) is 0.609. The summed E-state index contributed by atoms with van der Waals surface area (Å²) in [5, 5.41) is 36.5. The first kappa shape index (κ1) is 19.7. The van der Waals surface area contributed by atoms with Crippen LogP contribution in [-0.4, -0.2) is 45.6 Å². The first-order valence-corrected chi connectivity index (χ1v) is 7.88. The molecule has 0 aliphatic heterocycles. The SMILES string of the molecule is O=C(O)c1ccc(C#CCO)cc1Cc1cc(C#CCO)ccc1C(=O)O. The molecule has 0 aromatic heterocycles. The number of benzene rings is 2. The van der Waals surface area contributed by atoms with E-state index in [1.165, 1.54) is 24.3 Å². The zero-order chi connectivity index (χ0) is 19.8. The first-order chi connectivity index (χ1) is 13.0. The Kier molecular flexibility index (Phi) is 6.73. The molecular weight excluding hydrogens is 348 g/mol. The van der Waals surface area contributed by atoms with Crippen LogP contribution in [0.3, 0.4) is 0 Å². The van der Waals surface area contributed by atoms with Crippen LogP contribution in [0.4, 0.5) is 0 Å². The van der Waals surface area contributed by atoms with Crippen molar-refractivity contribution in [3.63, 3.8) is 0 Å². The lowest BCUT2D eigenvalue weighted by Gasteiger charge is -2.10. The fourth-order valence-electron chi connectivity index (χ4n) is 2.54. The standard InChI is InChI=1S/C21H16O6/c22-9-1-3-14-5-7-18(20(24)25)16(11-14)13-17-12-15(4-2-10-23)6-8-19(17)21(26)27/h5-8,11-12,22-23H,9-10,13H2,(H,24,25)(H,26,27). The van der Waals surface area contributed by atoms with E-state index in [9.17, 15) is 19.8 Å². The molecule has 2 aromatic carbocycles. The molecule has 6 nitrogen and oxygen atoms in total. The van der Waals surface area contributed by atoms with Gasteiger partial charge in [0.1, 0.15) is 13.2 Å². The third-order valence-corrected chi connectivity index (χ3v) is 3.68. The summed E-state index contributed by atoms with van der Waals surface area (Å²) in [5.74, 6) is 8.11. The third-order valence-electron chi connectivity index (χ3n) is 3.68. The number of rotatable bonds is 4. The average molecular weight is 364 g/mol. The summed E-state index contributed by atoms with van der Waals surface area (Å²) in [4.78, 5) is 23.0. The monoisotopic (exact) mass is 364 g/mol. The Morgan fingerprint density at radius 1 is 0.741 bits per heavy atom. The van der Waals surface area contributed by atoms with E-state index in [4.69, 9.17) is 10.2 Å². The van der Waals surface area contributed by atoms with Gasteiger partial charge < -0.3 is 20.4 Å². The van der Waals surface area contributed by atoms with Crippen LogP contribution in [0.15, 0.2) is 36.4 Å². The van der Waals surface area contributed by atoms with Crippen molar-refractivity contribution in [3.8, 4) is 23.7 Å². The fraction of sp³-hybridized carbons (Fsp3) is 0.143. The maximum atomic E-state index is 11.5. The highest BCUT2D eigenvalue weighted by Gasteiger charge is 2.16. The second kappa shape index (κ2) is 9.21. The van der Waals surface area contributed by atoms with Crippen molar-refractivity contribution >= 4 is 11.9 Å². The Balaban J connectivity index is 2.56. The van der Waals surface area contributed by atoms with Crippen molar-refractivity contribution in [1.29, 1.82) is 0 Å². The number of hydrogen-bond donors (Lipinski definition) is 4. The Morgan fingerprint density at radius 2 is 1.15 bits per heavy atom. The summed E-state index contributed by atoms with van der Waals surface area (Å²) >= 11 is 0. The number of hydrogen-bond acceptors (Lipinski definition) is 4. The molecule has 0 atom stereocenters. The van der Waals surface area contributed by atoms with Gasteiger partial charge in [-0.25, -0.2) is 9.59 Å². The Morgan fingerprint density at radius 3 is 1.48 bits per heavy atom. The van der Waals surface area contributed by atoms with Gasteiger partial charge in [0.2, 0.25) is 0 Å². The maximum Gasteiger partial charge on any atom is 0.335 e. The van der Waals surface area contributed by atoms with E-state index in [-0.39, 0.29) is 30.8 Å². The molecule has 0 aliphatic carbocycles. The molecule has 0 spiro atoms. The highest BCUT2D eigenvalue weighted by atomic mass is 16.4. The maximum absolute atomic E-state index is 11.5. The highest BCUT2D eigenvalue weighted by molar-refractivity contribution is 5.91. The number of aromatic carboxylic acids is 2. The lowest BCUT2D eigenvalue weighted by Crippen LogP contribution is -2.08. The van der Waals surface area contributed by atoms with E-state index in [0.29, 0.717) is 22.3 Å². The van der Waals surface area contributed by atoms with Gasteiger partial charge in [-0.2, -0.15) is 0 Å². The van der Waals surface area contributed by atoms with Crippen LogP contribution in [-0.2, 0) is 6.42 Å². The second-order valence-electron chi connectivity index (χ2n) is 5.45. The molecule has 0 fully saturated rings. The minimum Gasteiger partial charge on any atom is -0.478 e. The zero-order valence-electron chi connectivity index (χ0n) is 14.2. The summed E-state index contributed by atoms with van der Waals surface area (Å²) in [7, 11) is 0. The van der Waals surface area contributed by atoms with Gasteiger partial charge in [-0.1, -0.05) is 23.7 Å². The second-order valence-corrected chi connectivity index (χ2v) is 5.45. The lowest BCUT2D eigenvalue weighted by molar-refractivity contribution is 0.0686. The zero-order valence-corrected chi connectivity index (χ0v) is 14.2. The van der Waals surface area contributed by atoms with E-state index >= 15 is 0 Å². The number of aliphatic hydroxyl groups is 2. The van der Waals surface area contributed by atoms with Gasteiger partial charge in [0.05, 0.1) is 11.1 Å². The third kappa shape index (κ3) is 5.20. The molecule has 0 saturated heterocycles. The lowest BCUT2D eigenvalue weighted by atomic mass is 9.93. The smallest absolute Gasteiger partial charge is 0.335 e. The molecule has 4 N–H and O–H groups in total. The van der Waals surface area contributed by atoms with Gasteiger partial charge in [0, 0.05) is 11.1 Å². The van der Waals surface area contributed by atoms with Crippen LogP contribution in [0, 0.1) is 23.7 Å². The van der Waals surface area contributed by atoms with Crippen LogP contribution in [0.25, 0.3) is 0 Å². The van der Waals surface area contributed by atoms with Crippen molar-refractivity contribution in [2.45, 2.75) is 6.42 Å². The van der Waals surface area contributed by atoms with Crippen molar-refractivity contribution in [3.05, 3.63) is 69.8 Å². The summed E-state index contributed by atoms with van der Waals surface area (Å²) in [5.41, 5.74) is 1.87. The first-order valence-electron chi connectivity index (χ1n) is 7.88. The Bertz CT molecular complexity index is 917. The van der Waals surface area contributed by atoms with Gasteiger partial charge >= 0.3 is 11.9 Å². The molecule has 0 saturated carbocycles. The van der Waals surface area contributed by atoms with E-state index in [1.807, 2.05) is 0 Å². The molecule has 0 unspecified atom stereocenters. The molecule has 0 aliphatic rings. The highest BCUT2D eigenvalue weighted by Crippen LogP contribution is 2.21. The topological polar surface area (TPSA) is 115 Å². The molecular formula is C21H16O6. The average Bonchev–Trinajstić information content (AvgIpc) is 2.64. The fourth-order valence-corrected chi connectivity index (χ4v) is 2.54. The van der Waals surface area contributed by atoms with Crippen LogP contribution in [0.2, 0.25) is 0 Å². The van der Waals surface area contributed by atoms with Crippen molar-refractivity contribution in [1.82, 2.24) is 0 Å². The normalized spacial score (nSPS) is 9.56. The van der Waals surface area contributed by atoms with Gasteiger partial charge in [-0.05, 0) is 53.9 Å². The minimum absolute atomic E-state index is 0.0349. The molecule has 0 heterocycles. The summed E-state index contributed by atoms with van der Waals surface area (Å²) in [6, 6.07) is 8.96. The molecule has 0 amide bonds. The number of carboxylic acid groups (broad SMARTS) is 2. The van der Waals surface area contributed by atoms with Crippen molar-refractivity contribution in [2.24, 2.45) is 0 Å². The predicted molar refractivity (Wildman–Crippen MR) is 97.5 cm³/mol. The molecule has 0 radical (unpaired) electrons. The van der Waals surface area contributed by atoms with Crippen molar-refractivity contribution < 1.29 is 30.0 Å². The molecule has 2 rings (SSSR count). The van der Waals surface area contributed by atoms with Crippen molar-refractivity contribution in [2.75, 3.05) is 13.2 Å². The van der Waals surface area contributed by atoms with Crippen LogP contribution in [0.1, 0.15) is 43.0 Å². The summed E-state index contributed by atoms with van der Waals surface area (Å²) < 4.78 is 0. The number of carboxylic acids is 2. The van der Waals surface area contributed by atoms with Gasteiger partial charge in [0.25, 0.3) is 0 Å². The van der Waals surface area contributed by atoms with E-state index in [0.717, 1.165) is 0 Å². The molecule has 2 aromatic rings. The molecule has 27 heavy (non-hydrogen) atoms. The largest absolute Gasteiger partial charge is 0.478 e. The van der Waals surface area contributed by atoms with Crippen LogP contribution in [0.5, 0.6) is 0 Å². The van der Waals surface area contributed by atoms with Crippen LogP contribution >= 0.6 is 0 Å². The number of carbonyl (C=O) groups is 2. The summed E-state index contributed by atoms with van der Waals surface area (Å²) in [6.45, 7) is -0.657. The van der Waals surface area contributed by atoms with Gasteiger partial charge in [-0.15, -0.1) is 0 Å². The van der Waals surface area contributed by atoms with E-state index in [2.05, 4.69) is 23.7 Å².